The molecule has 5 spiro atoms. The van der Waals surface area contributed by atoms with Crippen molar-refractivity contribution in [3.63, 3.8) is 0 Å². The zero-order chi connectivity index (χ0) is 10.2. The SMILES string of the molecule is CC1CC23CC45CCC67CC(C1)(C2)C36C4C57. The van der Waals surface area contributed by atoms with Gasteiger partial charge >= 0.3 is 0 Å². The van der Waals surface area contributed by atoms with Gasteiger partial charge in [0.15, 0.2) is 0 Å². The molecule has 0 aliphatic heterocycles. The van der Waals surface area contributed by atoms with Crippen LogP contribution in [0.1, 0.15) is 51.9 Å². The average Bonchev–Trinajstić information content (AvgIpc) is 2.54. The van der Waals surface area contributed by atoms with Crippen molar-refractivity contribution < 1.29 is 0 Å². The Hall–Kier alpha value is 0. The summed E-state index contributed by atoms with van der Waals surface area (Å²) in [6.45, 7) is 2.56. The molecule has 8 unspecified atom stereocenters. The summed E-state index contributed by atoms with van der Waals surface area (Å²) < 4.78 is 0. The van der Waals surface area contributed by atoms with E-state index in [-0.39, 0.29) is 0 Å². The van der Waals surface area contributed by atoms with Crippen LogP contribution < -0.4 is 0 Å². The Morgan fingerprint density at radius 2 is 1.69 bits per heavy atom. The zero-order valence-corrected chi connectivity index (χ0v) is 10.2. The summed E-state index contributed by atoms with van der Waals surface area (Å²) >= 11 is 0. The molecule has 0 heteroatoms. The highest BCUT2D eigenvalue weighted by Crippen LogP contribution is 3.17. The molecular formula is C16H20. The standard InChI is InChI=1S/C16H20/c1-9-4-12-6-13(5-9)8-15-3-2-14(7-12)10(15)11(14)16(12,13)15/h9-11H,2-8H2,1H3. The molecule has 8 fully saturated rings. The summed E-state index contributed by atoms with van der Waals surface area (Å²) in [5.41, 5.74) is 4.82. The third-order valence-electron chi connectivity index (χ3n) is 9.50. The fraction of sp³-hybridized carbons (Fsp3) is 1.00. The molecule has 0 N–H and O–H groups in total. The van der Waals surface area contributed by atoms with Crippen LogP contribution in [0.2, 0.25) is 0 Å². The largest absolute Gasteiger partial charge is 0.0625 e. The minimum Gasteiger partial charge on any atom is -0.0625 e. The predicted octanol–water partition coefficient (Wildman–Crippen LogP) is 3.61. The molecule has 8 aliphatic carbocycles. The normalized spacial score (nSPS) is 90.9. The highest BCUT2D eigenvalue weighted by molar-refractivity contribution is 5.59. The first-order chi connectivity index (χ1) is 7.67. The van der Waals surface area contributed by atoms with Crippen molar-refractivity contribution in [1.29, 1.82) is 0 Å². The second kappa shape index (κ2) is 1.39. The summed E-state index contributed by atoms with van der Waals surface area (Å²) in [5, 5.41) is 0. The van der Waals surface area contributed by atoms with E-state index in [1.165, 1.54) is 11.8 Å². The van der Waals surface area contributed by atoms with Gasteiger partial charge < -0.3 is 0 Å². The van der Waals surface area contributed by atoms with Crippen LogP contribution in [0.3, 0.4) is 0 Å². The third-order valence-corrected chi connectivity index (χ3v) is 9.50. The Morgan fingerprint density at radius 3 is 2.50 bits per heavy atom. The fourth-order valence-electron chi connectivity index (χ4n) is 10.9. The van der Waals surface area contributed by atoms with E-state index in [0.29, 0.717) is 0 Å². The van der Waals surface area contributed by atoms with Crippen LogP contribution in [0.25, 0.3) is 0 Å². The number of fused-ring (bicyclic) bond motifs is 2. The molecule has 2 bridgehead atoms. The first-order valence-electron chi connectivity index (χ1n) is 7.67. The van der Waals surface area contributed by atoms with Crippen LogP contribution in [0.15, 0.2) is 0 Å². The van der Waals surface area contributed by atoms with Crippen LogP contribution in [-0.2, 0) is 0 Å². The maximum atomic E-state index is 2.56. The highest BCUT2D eigenvalue weighted by Gasteiger charge is 3.11. The molecule has 0 saturated heterocycles. The van der Waals surface area contributed by atoms with E-state index < -0.39 is 0 Å². The van der Waals surface area contributed by atoms with E-state index in [1.807, 2.05) is 0 Å². The molecule has 0 aromatic carbocycles. The maximum absolute atomic E-state index is 2.56. The minimum atomic E-state index is 0.929. The van der Waals surface area contributed by atoms with Gasteiger partial charge in [0, 0.05) is 0 Å². The van der Waals surface area contributed by atoms with Gasteiger partial charge in [0.2, 0.25) is 0 Å². The molecule has 8 aliphatic rings. The van der Waals surface area contributed by atoms with Gasteiger partial charge in [0.25, 0.3) is 0 Å². The Balaban J connectivity index is 1.61. The summed E-state index contributed by atoms with van der Waals surface area (Å²) in [6.07, 6.45) is 11.7. The molecule has 0 aromatic rings. The lowest BCUT2D eigenvalue weighted by Gasteiger charge is -2.93. The molecule has 0 amide bonds. The molecule has 84 valence electrons. The topological polar surface area (TPSA) is 0 Å². The first kappa shape index (κ1) is 7.44. The van der Waals surface area contributed by atoms with Gasteiger partial charge in [-0.15, -0.1) is 0 Å². The molecule has 0 aromatic heterocycles. The van der Waals surface area contributed by atoms with Gasteiger partial charge in [-0.3, -0.25) is 0 Å². The predicted molar refractivity (Wildman–Crippen MR) is 60.6 cm³/mol. The lowest BCUT2D eigenvalue weighted by Crippen LogP contribution is -2.88. The molecule has 8 rings (SSSR count). The van der Waals surface area contributed by atoms with E-state index in [1.54, 1.807) is 44.9 Å². The Kier molecular flexibility index (Phi) is 0.646. The van der Waals surface area contributed by atoms with E-state index in [4.69, 9.17) is 0 Å². The highest BCUT2D eigenvalue weighted by atomic mass is 15.1. The summed E-state index contributed by atoms with van der Waals surface area (Å²) in [6, 6.07) is 0. The molecule has 8 saturated carbocycles. The van der Waals surface area contributed by atoms with Crippen molar-refractivity contribution in [2.75, 3.05) is 0 Å². The Morgan fingerprint density at radius 1 is 0.875 bits per heavy atom. The van der Waals surface area contributed by atoms with Crippen molar-refractivity contribution in [3.8, 4) is 0 Å². The lowest BCUT2D eigenvalue weighted by atomic mass is 9.10. The van der Waals surface area contributed by atoms with E-state index in [9.17, 15) is 0 Å². The number of hydrogen-bond donors (Lipinski definition) is 0. The van der Waals surface area contributed by atoms with Gasteiger partial charge in [0.05, 0.1) is 0 Å². The van der Waals surface area contributed by atoms with Crippen LogP contribution in [0.5, 0.6) is 0 Å². The van der Waals surface area contributed by atoms with Crippen molar-refractivity contribution in [1.82, 2.24) is 0 Å². The molecule has 0 heterocycles. The molecule has 16 heavy (non-hydrogen) atoms. The van der Waals surface area contributed by atoms with Gasteiger partial charge in [-0.1, -0.05) is 6.92 Å². The monoisotopic (exact) mass is 212 g/mol. The fourth-order valence-corrected chi connectivity index (χ4v) is 10.9. The van der Waals surface area contributed by atoms with E-state index in [2.05, 4.69) is 6.92 Å². The average molecular weight is 212 g/mol. The van der Waals surface area contributed by atoms with Crippen molar-refractivity contribution in [2.45, 2.75) is 51.9 Å². The summed E-state index contributed by atoms with van der Waals surface area (Å²) in [4.78, 5) is 0. The molecular weight excluding hydrogens is 192 g/mol. The molecule has 8 atom stereocenters. The zero-order valence-electron chi connectivity index (χ0n) is 10.2. The van der Waals surface area contributed by atoms with Crippen molar-refractivity contribution in [3.05, 3.63) is 0 Å². The molecule has 0 radical (unpaired) electrons. The Bertz CT molecular complexity index is 504. The van der Waals surface area contributed by atoms with Gasteiger partial charge in [0.1, 0.15) is 0 Å². The molecule has 0 nitrogen and oxygen atoms in total. The maximum Gasteiger partial charge on any atom is -0.00871 e. The van der Waals surface area contributed by atoms with Crippen LogP contribution in [-0.4, -0.2) is 0 Å². The van der Waals surface area contributed by atoms with Crippen molar-refractivity contribution in [2.24, 2.45) is 44.8 Å². The van der Waals surface area contributed by atoms with Gasteiger partial charge in [-0.25, -0.2) is 0 Å². The quantitative estimate of drug-likeness (QED) is 0.575. The summed E-state index contributed by atoms with van der Waals surface area (Å²) in [7, 11) is 0. The van der Waals surface area contributed by atoms with Crippen LogP contribution >= 0.6 is 0 Å². The van der Waals surface area contributed by atoms with E-state index in [0.717, 1.165) is 33.0 Å². The van der Waals surface area contributed by atoms with Gasteiger partial charge in [-0.05, 0) is 89.8 Å². The third kappa shape index (κ3) is 0.306. The van der Waals surface area contributed by atoms with Gasteiger partial charge in [-0.2, -0.15) is 0 Å². The van der Waals surface area contributed by atoms with Crippen LogP contribution in [0.4, 0.5) is 0 Å². The minimum absolute atomic E-state index is 0.929. The first-order valence-corrected chi connectivity index (χ1v) is 7.67. The second-order valence-electron chi connectivity index (χ2n) is 9.26. The van der Waals surface area contributed by atoms with Crippen LogP contribution in [0, 0.1) is 44.8 Å². The van der Waals surface area contributed by atoms with E-state index >= 15 is 0 Å². The lowest BCUT2D eigenvalue weighted by molar-refractivity contribution is -0.460. The summed E-state index contributed by atoms with van der Waals surface area (Å²) in [5.74, 6) is 3.66. The van der Waals surface area contributed by atoms with Crippen molar-refractivity contribution >= 4 is 0 Å². The number of rotatable bonds is 0. The number of hydrogen-bond acceptors (Lipinski definition) is 0. The Labute approximate surface area is 97.2 Å². The smallest absolute Gasteiger partial charge is 0.00871 e. The second-order valence-corrected chi connectivity index (χ2v) is 9.26.